The molecule has 0 aromatic heterocycles. The molecule has 0 atom stereocenters. The molecule has 0 radical (unpaired) electrons. The van der Waals surface area contributed by atoms with E-state index in [4.69, 9.17) is 0 Å². The fourth-order valence-electron chi connectivity index (χ4n) is 0. The van der Waals surface area contributed by atoms with E-state index < -0.39 is 10.8 Å². The molecule has 0 aromatic carbocycles. The molecule has 0 rings (SSSR count). The zero-order chi connectivity index (χ0) is 3.58. The third-order valence-corrected chi connectivity index (χ3v) is 0. The van der Waals surface area contributed by atoms with Crippen molar-refractivity contribution in [1.82, 2.24) is 0 Å². The van der Waals surface area contributed by atoms with E-state index >= 15 is 0 Å². The number of rotatable bonds is 0. The summed E-state index contributed by atoms with van der Waals surface area (Å²) < 4.78 is 9.56. The van der Waals surface area contributed by atoms with Gasteiger partial charge in [0.1, 0.15) is 0 Å². The van der Waals surface area contributed by atoms with Gasteiger partial charge in [-0.3, -0.25) is 4.21 Å². The summed E-state index contributed by atoms with van der Waals surface area (Å²) in [5.74, 6) is 0. The van der Waals surface area contributed by atoms with E-state index in [1.807, 2.05) is 0 Å². The SMILES string of the molecule is CS(C)=O.[Ca+2].[H-].[H-].[HH]. The van der Waals surface area contributed by atoms with E-state index in [1.54, 1.807) is 12.5 Å². The average Bonchev–Trinajstić information content (AvgIpc) is 0.811. The van der Waals surface area contributed by atoms with Gasteiger partial charge in [0, 0.05) is 24.7 Å². The van der Waals surface area contributed by atoms with Crippen LogP contribution >= 0.6 is 0 Å². The van der Waals surface area contributed by atoms with E-state index in [1.165, 1.54) is 0 Å². The monoisotopic (exact) mass is 122 g/mol. The van der Waals surface area contributed by atoms with Gasteiger partial charge >= 0.3 is 37.7 Å². The van der Waals surface area contributed by atoms with Gasteiger partial charge in [0.2, 0.25) is 0 Å². The second kappa shape index (κ2) is 5.41. The van der Waals surface area contributed by atoms with E-state index in [0.29, 0.717) is 0 Å². The van der Waals surface area contributed by atoms with Gasteiger partial charge in [0.05, 0.1) is 0 Å². The van der Waals surface area contributed by atoms with Crippen molar-refractivity contribution in [2.75, 3.05) is 12.5 Å². The molecule has 0 heterocycles. The molecular weight excluding hydrogens is 112 g/mol. The smallest absolute Gasteiger partial charge is 1.00 e. The summed E-state index contributed by atoms with van der Waals surface area (Å²) in [5.41, 5.74) is 0. The van der Waals surface area contributed by atoms with Crippen LogP contribution in [0.1, 0.15) is 4.28 Å². The topological polar surface area (TPSA) is 17.1 Å². The standard InChI is InChI=1S/C2H6OS.Ca.H2.2H/c1-4(2)3;;;;/h1-2H3;;1H;;/q;+2;;2*-1. The summed E-state index contributed by atoms with van der Waals surface area (Å²) in [5, 5.41) is 0. The molecule has 5 heavy (non-hydrogen) atoms. The predicted octanol–water partition coefficient (Wildman–Crippen LogP) is 0.0849. The van der Waals surface area contributed by atoms with E-state index in [-0.39, 0.29) is 42.0 Å². The minimum Gasteiger partial charge on any atom is -1.00 e. The molecule has 1 nitrogen and oxygen atoms in total. The fraction of sp³-hybridized carbons (Fsp3) is 1.00. The number of hydrogen-bond acceptors (Lipinski definition) is 1. The third-order valence-electron chi connectivity index (χ3n) is 0. The summed E-state index contributed by atoms with van der Waals surface area (Å²) in [6, 6.07) is 0. The molecule has 0 bridgehead atoms. The van der Waals surface area contributed by atoms with Crippen molar-refractivity contribution in [1.29, 1.82) is 0 Å². The molecule has 0 saturated heterocycles. The van der Waals surface area contributed by atoms with Crippen molar-refractivity contribution < 1.29 is 8.49 Å². The zero-order valence-electron chi connectivity index (χ0n) is 5.52. The van der Waals surface area contributed by atoms with Crippen LogP contribution in [0.3, 0.4) is 0 Å². The van der Waals surface area contributed by atoms with Crippen LogP contribution in [-0.4, -0.2) is 54.5 Å². The first-order valence-corrected chi connectivity index (χ1v) is 2.95. The van der Waals surface area contributed by atoms with Crippen LogP contribution in [0.2, 0.25) is 0 Å². The van der Waals surface area contributed by atoms with E-state index in [2.05, 4.69) is 0 Å². The van der Waals surface area contributed by atoms with E-state index in [9.17, 15) is 4.21 Å². The Morgan fingerprint density at radius 1 is 1.80 bits per heavy atom. The Bertz CT molecular complexity index is 40.3. The number of hydrogen-bond donors (Lipinski definition) is 0. The Kier molecular flexibility index (Phi) is 10.4. The molecule has 0 amide bonds. The van der Waals surface area contributed by atoms with E-state index in [0.717, 1.165) is 0 Å². The van der Waals surface area contributed by atoms with Crippen molar-refractivity contribution >= 4 is 48.5 Å². The van der Waals surface area contributed by atoms with Crippen molar-refractivity contribution in [3.63, 3.8) is 0 Å². The molecule has 0 aliphatic rings. The van der Waals surface area contributed by atoms with Crippen molar-refractivity contribution in [3.8, 4) is 0 Å². The summed E-state index contributed by atoms with van der Waals surface area (Å²) in [6.45, 7) is 0. The van der Waals surface area contributed by atoms with Gasteiger partial charge in [-0.2, -0.15) is 0 Å². The largest absolute Gasteiger partial charge is 2.00 e. The summed E-state index contributed by atoms with van der Waals surface area (Å²) in [7, 11) is -0.611. The van der Waals surface area contributed by atoms with Crippen LogP contribution in [-0.2, 0) is 10.8 Å². The molecule has 0 aromatic rings. The third kappa shape index (κ3) is 31.6. The average molecular weight is 122 g/mol. The van der Waals surface area contributed by atoms with Gasteiger partial charge in [-0.15, -0.1) is 0 Å². The minimum absolute atomic E-state index is 0. The van der Waals surface area contributed by atoms with Crippen LogP contribution in [0.25, 0.3) is 0 Å². The first-order chi connectivity index (χ1) is 1.73. The van der Waals surface area contributed by atoms with Gasteiger partial charge in [-0.05, 0) is 0 Å². The Morgan fingerprint density at radius 3 is 1.80 bits per heavy atom. The van der Waals surface area contributed by atoms with Crippen LogP contribution in [0.15, 0.2) is 0 Å². The molecule has 32 valence electrons. The van der Waals surface area contributed by atoms with Crippen LogP contribution in [0.5, 0.6) is 0 Å². The molecule has 0 N–H and O–H groups in total. The predicted molar refractivity (Wildman–Crippen MR) is 30.1 cm³/mol. The first-order valence-electron chi connectivity index (χ1n) is 0.983. The van der Waals surface area contributed by atoms with Gasteiger partial charge in [-0.1, -0.05) is 0 Å². The Balaban J connectivity index is -0.00000000750. The van der Waals surface area contributed by atoms with Gasteiger partial charge < -0.3 is 2.85 Å². The maximum atomic E-state index is 9.56. The molecule has 0 spiro atoms. The molecule has 0 aliphatic carbocycles. The Hall–Kier alpha value is 1.41. The molecule has 0 aliphatic heterocycles. The second-order valence-electron chi connectivity index (χ2n) is 0.742. The van der Waals surface area contributed by atoms with Gasteiger partial charge in [0.25, 0.3) is 0 Å². The summed E-state index contributed by atoms with van der Waals surface area (Å²) >= 11 is 0. The van der Waals surface area contributed by atoms with Gasteiger partial charge in [-0.25, -0.2) is 0 Å². The molecule has 0 saturated carbocycles. The molecular formula is C2H10CaOS. The zero-order valence-corrected chi connectivity index (χ0v) is 6.55. The van der Waals surface area contributed by atoms with Gasteiger partial charge in [0.15, 0.2) is 0 Å². The second-order valence-corrected chi connectivity index (χ2v) is 2.22. The quantitative estimate of drug-likeness (QED) is 0.416. The first kappa shape index (κ1) is 9.65. The minimum atomic E-state index is -0.611. The maximum Gasteiger partial charge on any atom is 2.00 e. The van der Waals surface area contributed by atoms with Crippen LogP contribution < -0.4 is 0 Å². The van der Waals surface area contributed by atoms with Crippen LogP contribution in [0, 0.1) is 0 Å². The Labute approximate surface area is 69.0 Å². The molecule has 3 heteroatoms. The van der Waals surface area contributed by atoms with Crippen molar-refractivity contribution in [2.24, 2.45) is 0 Å². The molecule has 0 fully saturated rings. The normalized spacial score (nSPS) is 7.00. The van der Waals surface area contributed by atoms with Crippen molar-refractivity contribution in [3.05, 3.63) is 0 Å². The Morgan fingerprint density at radius 2 is 1.80 bits per heavy atom. The maximum absolute atomic E-state index is 9.56. The fourth-order valence-corrected chi connectivity index (χ4v) is 0. The van der Waals surface area contributed by atoms with Crippen LogP contribution in [0.4, 0.5) is 0 Å². The molecule has 0 unspecified atom stereocenters. The van der Waals surface area contributed by atoms with Crippen molar-refractivity contribution in [2.45, 2.75) is 0 Å². The summed E-state index contributed by atoms with van der Waals surface area (Å²) in [4.78, 5) is 0. The summed E-state index contributed by atoms with van der Waals surface area (Å²) in [6.07, 6.45) is 3.28.